The molecule has 0 fully saturated rings. The highest BCUT2D eigenvalue weighted by atomic mass is 35.5. The van der Waals surface area contributed by atoms with Crippen molar-refractivity contribution in [2.75, 3.05) is 0 Å². The second kappa shape index (κ2) is 5.34. The van der Waals surface area contributed by atoms with E-state index in [4.69, 9.17) is 24.9 Å². The average molecular weight is 365 g/mol. The highest BCUT2D eigenvalue weighted by Crippen LogP contribution is 2.33. The average Bonchev–Trinajstić information content (AvgIpc) is 3.08. The smallest absolute Gasteiger partial charge is 0.348 e. The van der Waals surface area contributed by atoms with Gasteiger partial charge in [-0.25, -0.2) is 9.59 Å². The zero-order valence-electron chi connectivity index (χ0n) is 13.1. The first-order chi connectivity index (χ1) is 12.6. The summed E-state index contributed by atoms with van der Waals surface area (Å²) in [4.78, 5) is 25.0. The molecule has 0 aliphatic carbocycles. The van der Waals surface area contributed by atoms with Crippen molar-refractivity contribution in [3.63, 3.8) is 0 Å². The van der Waals surface area contributed by atoms with Gasteiger partial charge in [-0.1, -0.05) is 29.8 Å². The van der Waals surface area contributed by atoms with Crippen LogP contribution in [0.2, 0.25) is 5.02 Å². The molecule has 126 valence electrons. The Balaban J connectivity index is 1.90. The lowest BCUT2D eigenvalue weighted by molar-refractivity contribution is 0.563. The van der Waals surface area contributed by atoms with Gasteiger partial charge in [0.25, 0.3) is 0 Å². The van der Waals surface area contributed by atoms with Crippen LogP contribution in [0.3, 0.4) is 0 Å². The molecular weight excluding hydrogens is 356 g/mol. The lowest BCUT2D eigenvalue weighted by Gasteiger charge is -2.01. The van der Waals surface area contributed by atoms with E-state index in [-0.39, 0.29) is 10.9 Å². The molecule has 3 aromatic heterocycles. The summed E-state index contributed by atoms with van der Waals surface area (Å²) in [6, 6.07) is 13.7. The zero-order chi connectivity index (χ0) is 17.8. The summed E-state index contributed by atoms with van der Waals surface area (Å²) in [5, 5.41) is 1.96. The number of para-hydroxylation sites is 1. The fourth-order valence-electron chi connectivity index (χ4n) is 3.13. The minimum Gasteiger partial charge on any atom is -0.463 e. The molecule has 0 radical (unpaired) electrons. The Morgan fingerprint density at radius 2 is 1.62 bits per heavy atom. The van der Waals surface area contributed by atoms with Gasteiger partial charge >= 0.3 is 11.3 Å². The Morgan fingerprint density at radius 1 is 0.808 bits per heavy atom. The highest BCUT2D eigenvalue weighted by Gasteiger charge is 2.20. The normalized spacial score (nSPS) is 11.6. The van der Waals surface area contributed by atoms with Crippen molar-refractivity contribution in [1.82, 2.24) is 0 Å². The van der Waals surface area contributed by atoms with Gasteiger partial charge in [0.2, 0.25) is 0 Å². The monoisotopic (exact) mass is 364 g/mol. The fourth-order valence-corrected chi connectivity index (χ4v) is 3.30. The summed E-state index contributed by atoms with van der Waals surface area (Å²) in [5.74, 6) is 0. The standard InChI is InChI=1S/C20H9ClO5/c21-11-5-6-16-13(8-11)18-17(20(23)26-16)14(9-24-18)12-7-10-3-1-2-4-15(10)25-19(12)22/h1-9H. The molecule has 3 heterocycles. The molecular formula is C20H9ClO5. The molecule has 5 aromatic rings. The van der Waals surface area contributed by atoms with Gasteiger partial charge in [0, 0.05) is 16.0 Å². The third-order valence-corrected chi connectivity index (χ3v) is 4.55. The molecule has 5 rings (SSSR count). The predicted molar refractivity (Wildman–Crippen MR) is 98.7 cm³/mol. The summed E-state index contributed by atoms with van der Waals surface area (Å²) < 4.78 is 16.4. The van der Waals surface area contributed by atoms with E-state index in [9.17, 15) is 9.59 Å². The van der Waals surface area contributed by atoms with Gasteiger partial charge in [-0.05, 0) is 30.3 Å². The van der Waals surface area contributed by atoms with Crippen LogP contribution in [-0.2, 0) is 0 Å². The van der Waals surface area contributed by atoms with Crippen LogP contribution in [0, 0.1) is 0 Å². The van der Waals surface area contributed by atoms with E-state index >= 15 is 0 Å². The van der Waals surface area contributed by atoms with Crippen molar-refractivity contribution in [2.45, 2.75) is 0 Å². The molecule has 0 unspecified atom stereocenters. The summed E-state index contributed by atoms with van der Waals surface area (Å²) in [7, 11) is 0. The van der Waals surface area contributed by atoms with Crippen LogP contribution in [0.5, 0.6) is 0 Å². The van der Waals surface area contributed by atoms with E-state index in [1.54, 1.807) is 36.4 Å². The van der Waals surface area contributed by atoms with Crippen molar-refractivity contribution < 1.29 is 13.3 Å². The van der Waals surface area contributed by atoms with Crippen molar-refractivity contribution >= 4 is 44.5 Å². The van der Waals surface area contributed by atoms with Crippen LogP contribution in [0.25, 0.3) is 44.0 Å². The summed E-state index contributed by atoms with van der Waals surface area (Å²) in [6.07, 6.45) is 1.36. The van der Waals surface area contributed by atoms with Gasteiger partial charge in [-0.15, -0.1) is 0 Å². The molecule has 0 saturated heterocycles. The maximum absolute atomic E-state index is 12.5. The van der Waals surface area contributed by atoms with E-state index < -0.39 is 11.3 Å². The number of halogens is 1. The summed E-state index contributed by atoms with van der Waals surface area (Å²) >= 11 is 6.05. The van der Waals surface area contributed by atoms with Crippen LogP contribution in [0.15, 0.2) is 77.6 Å². The second-order valence-electron chi connectivity index (χ2n) is 5.87. The molecule has 0 aliphatic rings. The molecule has 26 heavy (non-hydrogen) atoms. The van der Waals surface area contributed by atoms with Crippen molar-refractivity contribution in [1.29, 1.82) is 0 Å². The SMILES string of the molecule is O=c1oc2ccccc2cc1-c1coc2c1c(=O)oc1ccc(Cl)cc12. The van der Waals surface area contributed by atoms with Gasteiger partial charge in [0.1, 0.15) is 22.8 Å². The number of benzene rings is 2. The van der Waals surface area contributed by atoms with E-state index in [1.807, 2.05) is 12.1 Å². The lowest BCUT2D eigenvalue weighted by atomic mass is 10.1. The van der Waals surface area contributed by atoms with Gasteiger partial charge in [-0.2, -0.15) is 0 Å². The van der Waals surface area contributed by atoms with Gasteiger partial charge in [0.15, 0.2) is 5.58 Å². The predicted octanol–water partition coefficient (Wildman–Crippen LogP) is 4.97. The third kappa shape index (κ3) is 2.11. The van der Waals surface area contributed by atoms with Crippen LogP contribution in [0.1, 0.15) is 0 Å². The Kier molecular flexibility index (Phi) is 3.08. The first kappa shape index (κ1) is 15.0. The first-order valence-corrected chi connectivity index (χ1v) is 8.16. The topological polar surface area (TPSA) is 73.6 Å². The minimum absolute atomic E-state index is 0.183. The summed E-state index contributed by atoms with van der Waals surface area (Å²) in [5.41, 5.74) is 0.562. The van der Waals surface area contributed by atoms with E-state index in [2.05, 4.69) is 0 Å². The van der Waals surface area contributed by atoms with Crippen LogP contribution >= 0.6 is 11.6 Å². The van der Waals surface area contributed by atoms with Gasteiger partial charge in [0.05, 0.1) is 10.9 Å². The number of rotatable bonds is 1. The van der Waals surface area contributed by atoms with Crippen LogP contribution in [-0.4, -0.2) is 0 Å². The molecule has 0 N–H and O–H groups in total. The Morgan fingerprint density at radius 3 is 2.50 bits per heavy atom. The number of hydrogen-bond donors (Lipinski definition) is 0. The van der Waals surface area contributed by atoms with E-state index in [0.29, 0.717) is 32.7 Å². The Hall–Kier alpha value is -3.31. The lowest BCUT2D eigenvalue weighted by Crippen LogP contribution is -2.05. The molecule has 0 spiro atoms. The molecule has 2 aromatic carbocycles. The zero-order valence-corrected chi connectivity index (χ0v) is 13.9. The van der Waals surface area contributed by atoms with Crippen molar-refractivity contribution in [3.05, 3.63) is 80.7 Å². The first-order valence-electron chi connectivity index (χ1n) is 7.78. The molecule has 6 heteroatoms. The van der Waals surface area contributed by atoms with Crippen LogP contribution < -0.4 is 11.3 Å². The van der Waals surface area contributed by atoms with Crippen molar-refractivity contribution in [2.24, 2.45) is 0 Å². The van der Waals surface area contributed by atoms with Crippen molar-refractivity contribution in [3.8, 4) is 11.1 Å². The molecule has 0 saturated carbocycles. The Labute approximate surface area is 150 Å². The van der Waals surface area contributed by atoms with E-state index in [1.165, 1.54) is 6.26 Å². The van der Waals surface area contributed by atoms with E-state index in [0.717, 1.165) is 5.39 Å². The molecule has 0 atom stereocenters. The third-order valence-electron chi connectivity index (χ3n) is 4.32. The van der Waals surface area contributed by atoms with Crippen LogP contribution in [0.4, 0.5) is 0 Å². The molecule has 5 nitrogen and oxygen atoms in total. The quantitative estimate of drug-likeness (QED) is 0.393. The molecule has 0 bridgehead atoms. The number of furan rings is 1. The maximum atomic E-state index is 12.5. The maximum Gasteiger partial charge on any atom is 0.348 e. The highest BCUT2D eigenvalue weighted by molar-refractivity contribution is 6.31. The Bertz CT molecular complexity index is 1440. The van der Waals surface area contributed by atoms with Gasteiger partial charge in [-0.3, -0.25) is 0 Å². The summed E-state index contributed by atoms with van der Waals surface area (Å²) in [6.45, 7) is 0. The number of fused-ring (bicyclic) bond motifs is 4. The minimum atomic E-state index is -0.592. The number of hydrogen-bond acceptors (Lipinski definition) is 5. The molecule has 0 aliphatic heterocycles. The molecule has 0 amide bonds. The second-order valence-corrected chi connectivity index (χ2v) is 6.31. The van der Waals surface area contributed by atoms with Gasteiger partial charge < -0.3 is 13.3 Å². The largest absolute Gasteiger partial charge is 0.463 e. The fraction of sp³-hybridized carbons (Fsp3) is 0.